The smallest absolute Gasteiger partial charge is 0.325 e. The summed E-state index contributed by atoms with van der Waals surface area (Å²) in [5, 5.41) is 3.66. The van der Waals surface area contributed by atoms with Gasteiger partial charge in [-0.2, -0.15) is 0 Å². The van der Waals surface area contributed by atoms with E-state index in [1.165, 1.54) is 11.6 Å². The molecule has 1 aromatic carbocycles. The molecule has 8 heteroatoms. The van der Waals surface area contributed by atoms with Crippen LogP contribution in [0.15, 0.2) is 40.1 Å². The van der Waals surface area contributed by atoms with E-state index < -0.39 is 11.2 Å². The second kappa shape index (κ2) is 7.36. The zero-order chi connectivity index (χ0) is 19.7. The Morgan fingerprint density at radius 1 is 1.15 bits per heavy atom. The minimum atomic E-state index is -0.488. The molecule has 0 unspecified atom stereocenters. The molecule has 0 atom stereocenters. The molecule has 0 spiro atoms. The lowest BCUT2D eigenvalue weighted by Gasteiger charge is -2.15. The van der Waals surface area contributed by atoms with Crippen LogP contribution in [-0.2, 0) is 31.7 Å². The number of benzene rings is 1. The van der Waals surface area contributed by atoms with E-state index in [0.717, 1.165) is 15.7 Å². The van der Waals surface area contributed by atoms with E-state index in [9.17, 15) is 14.4 Å². The van der Waals surface area contributed by atoms with Gasteiger partial charge in [0, 0.05) is 25.3 Å². The molecular weight excluding hydrogens is 368 g/mol. The molecule has 140 valence electrons. The summed E-state index contributed by atoms with van der Waals surface area (Å²) in [5.41, 5.74) is 1.21. The monoisotopic (exact) mass is 386 g/mol. The van der Waals surface area contributed by atoms with Crippen LogP contribution in [0.3, 0.4) is 0 Å². The van der Waals surface area contributed by atoms with Gasteiger partial charge < -0.3 is 5.32 Å². The normalized spacial score (nSPS) is 11.0. The summed E-state index contributed by atoms with van der Waals surface area (Å²) < 4.78 is 2.31. The lowest BCUT2D eigenvalue weighted by molar-refractivity contribution is -0.115. The Hall–Kier alpha value is -2.93. The number of pyridine rings is 1. The molecule has 27 heavy (non-hydrogen) atoms. The summed E-state index contributed by atoms with van der Waals surface area (Å²) >= 11 is 5.87. The molecule has 0 aliphatic carbocycles. The summed E-state index contributed by atoms with van der Waals surface area (Å²) in [5.74, 6) is -0.268. The van der Waals surface area contributed by atoms with Gasteiger partial charge in [0.1, 0.15) is 5.39 Å². The van der Waals surface area contributed by atoms with Crippen LogP contribution in [0.2, 0.25) is 5.02 Å². The predicted octanol–water partition coefficient (Wildman–Crippen LogP) is 2.03. The fraction of sp³-hybridized carbons (Fsp3) is 0.263. The van der Waals surface area contributed by atoms with Crippen molar-refractivity contribution in [1.29, 1.82) is 0 Å². The molecule has 1 amide bonds. The van der Waals surface area contributed by atoms with Gasteiger partial charge in [-0.25, -0.2) is 9.78 Å². The Morgan fingerprint density at radius 3 is 2.44 bits per heavy atom. The number of carbonyl (C=O) groups is 1. The molecule has 0 saturated heterocycles. The van der Waals surface area contributed by atoms with Crippen molar-refractivity contribution in [3.63, 3.8) is 0 Å². The summed E-state index contributed by atoms with van der Waals surface area (Å²) in [6.45, 7) is 1.91. The van der Waals surface area contributed by atoms with Crippen molar-refractivity contribution in [2.75, 3.05) is 5.32 Å². The highest BCUT2D eigenvalue weighted by Crippen LogP contribution is 2.23. The van der Waals surface area contributed by atoms with E-state index in [-0.39, 0.29) is 23.4 Å². The van der Waals surface area contributed by atoms with Gasteiger partial charge in [0.2, 0.25) is 5.91 Å². The average Bonchev–Trinajstić information content (AvgIpc) is 2.66. The molecule has 0 aliphatic rings. The Labute approximate surface area is 160 Å². The van der Waals surface area contributed by atoms with Crippen molar-refractivity contribution < 1.29 is 4.79 Å². The Kier molecular flexibility index (Phi) is 5.14. The fourth-order valence-corrected chi connectivity index (χ4v) is 3.08. The number of amides is 1. The summed E-state index contributed by atoms with van der Waals surface area (Å²) in [4.78, 5) is 41.7. The van der Waals surface area contributed by atoms with Crippen LogP contribution in [-0.4, -0.2) is 20.0 Å². The lowest BCUT2D eigenvalue weighted by atomic mass is 10.1. The number of halogens is 1. The summed E-state index contributed by atoms with van der Waals surface area (Å²) in [6, 6.07) is 6.98. The lowest BCUT2D eigenvalue weighted by Crippen LogP contribution is -2.38. The van der Waals surface area contributed by atoms with Crippen molar-refractivity contribution in [3.8, 4) is 0 Å². The van der Waals surface area contributed by atoms with Crippen LogP contribution in [0.5, 0.6) is 0 Å². The highest BCUT2D eigenvalue weighted by atomic mass is 35.5. The van der Waals surface area contributed by atoms with E-state index in [1.807, 2.05) is 6.92 Å². The highest BCUT2D eigenvalue weighted by molar-refractivity contribution is 6.30. The highest BCUT2D eigenvalue weighted by Gasteiger charge is 2.18. The first kappa shape index (κ1) is 18.8. The molecule has 0 bridgehead atoms. The van der Waals surface area contributed by atoms with Gasteiger partial charge in [-0.3, -0.25) is 18.7 Å². The maximum atomic E-state index is 12.7. The number of hydrogen-bond donors (Lipinski definition) is 1. The summed E-state index contributed by atoms with van der Waals surface area (Å²) in [7, 11) is 2.95. The zero-order valence-electron chi connectivity index (χ0n) is 15.2. The fourth-order valence-electron chi connectivity index (χ4n) is 2.95. The number of hydrogen-bond acceptors (Lipinski definition) is 4. The quantitative estimate of drug-likeness (QED) is 0.743. The van der Waals surface area contributed by atoms with Crippen LogP contribution in [0, 0.1) is 0 Å². The van der Waals surface area contributed by atoms with Crippen LogP contribution in [0.4, 0.5) is 5.69 Å². The molecule has 0 saturated carbocycles. The number of aryl methyl sites for hydroxylation is 2. The second-order valence-electron chi connectivity index (χ2n) is 6.27. The first-order valence-electron chi connectivity index (χ1n) is 8.45. The number of aromatic nitrogens is 3. The zero-order valence-corrected chi connectivity index (χ0v) is 16.0. The van der Waals surface area contributed by atoms with E-state index >= 15 is 0 Å². The molecule has 3 aromatic rings. The number of carbonyl (C=O) groups excluding carboxylic acids is 1. The number of rotatable bonds is 4. The van der Waals surface area contributed by atoms with Crippen molar-refractivity contribution >= 4 is 34.2 Å². The molecule has 3 rings (SSSR count). The van der Waals surface area contributed by atoms with Crippen molar-refractivity contribution in [2.24, 2.45) is 14.1 Å². The summed E-state index contributed by atoms with van der Waals surface area (Å²) in [6.07, 6.45) is 2.29. The first-order chi connectivity index (χ1) is 12.8. The number of nitrogens with zero attached hydrogens (tertiary/aromatic N) is 3. The molecule has 0 radical (unpaired) electrons. The average molecular weight is 387 g/mol. The van der Waals surface area contributed by atoms with Gasteiger partial charge in [0.15, 0.2) is 5.65 Å². The van der Waals surface area contributed by atoms with Crippen molar-refractivity contribution in [1.82, 2.24) is 14.1 Å². The standard InChI is InChI=1S/C19H19ClN4O3/c1-4-12-10-21-17-15(18(26)24(3)19(27)23(17)2)16(12)22-14(25)9-11-5-7-13(20)8-6-11/h5-8,10H,4,9H2,1-3H3,(H,21,22,25). The van der Waals surface area contributed by atoms with E-state index in [2.05, 4.69) is 10.3 Å². The van der Waals surface area contributed by atoms with Crippen LogP contribution >= 0.6 is 11.6 Å². The van der Waals surface area contributed by atoms with Gasteiger partial charge >= 0.3 is 5.69 Å². The van der Waals surface area contributed by atoms with Crippen molar-refractivity contribution in [2.45, 2.75) is 19.8 Å². The van der Waals surface area contributed by atoms with Gasteiger partial charge in [-0.05, 0) is 29.7 Å². The molecule has 0 fully saturated rings. The third-order valence-electron chi connectivity index (χ3n) is 4.47. The van der Waals surface area contributed by atoms with E-state index in [1.54, 1.807) is 37.5 Å². The van der Waals surface area contributed by atoms with Gasteiger partial charge in [0.25, 0.3) is 5.56 Å². The van der Waals surface area contributed by atoms with Crippen molar-refractivity contribution in [3.05, 3.63) is 67.4 Å². The second-order valence-corrected chi connectivity index (χ2v) is 6.70. The molecular formula is C19H19ClN4O3. The molecule has 2 heterocycles. The predicted molar refractivity (Wildman–Crippen MR) is 105 cm³/mol. The number of anilines is 1. The Bertz CT molecular complexity index is 1150. The SMILES string of the molecule is CCc1cnc2c(c1NC(=O)Cc1ccc(Cl)cc1)c(=O)n(C)c(=O)n2C. The maximum Gasteiger partial charge on any atom is 0.332 e. The van der Waals surface area contributed by atoms with Crippen LogP contribution in [0.1, 0.15) is 18.1 Å². The number of fused-ring (bicyclic) bond motifs is 1. The molecule has 0 aliphatic heterocycles. The third kappa shape index (κ3) is 3.50. The minimum absolute atomic E-state index is 0.135. The Morgan fingerprint density at radius 2 is 1.81 bits per heavy atom. The van der Waals surface area contributed by atoms with E-state index in [0.29, 0.717) is 17.1 Å². The van der Waals surface area contributed by atoms with Gasteiger partial charge in [0.05, 0.1) is 12.1 Å². The molecule has 2 aromatic heterocycles. The van der Waals surface area contributed by atoms with E-state index in [4.69, 9.17) is 11.6 Å². The van der Waals surface area contributed by atoms with Gasteiger partial charge in [-0.1, -0.05) is 30.7 Å². The number of nitrogens with one attached hydrogen (secondary N) is 1. The van der Waals surface area contributed by atoms with Crippen LogP contribution in [0.25, 0.3) is 11.0 Å². The minimum Gasteiger partial charge on any atom is -0.325 e. The maximum absolute atomic E-state index is 12.7. The first-order valence-corrected chi connectivity index (χ1v) is 8.83. The topological polar surface area (TPSA) is 86.0 Å². The van der Waals surface area contributed by atoms with Crippen LogP contribution < -0.4 is 16.6 Å². The molecule has 1 N–H and O–H groups in total. The third-order valence-corrected chi connectivity index (χ3v) is 4.72. The molecule has 7 nitrogen and oxygen atoms in total. The van der Waals surface area contributed by atoms with Gasteiger partial charge in [-0.15, -0.1) is 0 Å². The Balaban J connectivity index is 2.09. The largest absolute Gasteiger partial charge is 0.332 e.